The predicted molar refractivity (Wildman–Crippen MR) is 82.3 cm³/mol. The summed E-state index contributed by atoms with van der Waals surface area (Å²) >= 11 is 1.63. The number of alkyl halides is 6. The van der Waals surface area contributed by atoms with Gasteiger partial charge in [0.05, 0.1) is 5.56 Å². The number of amides is 1. The predicted octanol–water partition coefficient (Wildman–Crippen LogP) is 2.35. The van der Waals surface area contributed by atoms with Crippen molar-refractivity contribution in [2.24, 2.45) is 0 Å². The molecule has 0 saturated heterocycles. The zero-order valence-corrected chi connectivity index (χ0v) is 14.7. The van der Waals surface area contributed by atoms with Crippen molar-refractivity contribution >= 4 is 44.3 Å². The number of anilines is 1. The van der Waals surface area contributed by atoms with Gasteiger partial charge in [0, 0.05) is 9.26 Å². The number of nitrogens with one attached hydrogen (secondary N) is 1. The van der Waals surface area contributed by atoms with Gasteiger partial charge in [-0.1, -0.05) is 0 Å². The van der Waals surface area contributed by atoms with Crippen molar-refractivity contribution in [3.05, 3.63) is 27.3 Å². The summed E-state index contributed by atoms with van der Waals surface area (Å²) < 4.78 is 109. The quantitative estimate of drug-likeness (QED) is 0.252. The minimum atomic E-state index is -6.28. The van der Waals surface area contributed by atoms with E-state index < -0.39 is 50.9 Å². The van der Waals surface area contributed by atoms with Gasteiger partial charge in [0.15, 0.2) is 0 Å². The highest BCUT2D eigenvalue weighted by atomic mass is 127. The average Bonchev–Trinajstić information content (AvgIpc) is 2.36. The van der Waals surface area contributed by atoms with Crippen LogP contribution in [0.3, 0.4) is 0 Å². The molecule has 1 aromatic rings. The van der Waals surface area contributed by atoms with Crippen LogP contribution in [0.4, 0.5) is 32.0 Å². The average molecular weight is 506 g/mol. The third-order valence-electron chi connectivity index (χ3n) is 2.95. The van der Waals surface area contributed by atoms with Crippen LogP contribution in [0.2, 0.25) is 0 Å². The van der Waals surface area contributed by atoms with Crippen molar-refractivity contribution in [2.75, 3.05) is 11.5 Å². The van der Waals surface area contributed by atoms with Crippen LogP contribution in [-0.4, -0.2) is 42.5 Å². The molecule has 142 valence electrons. The van der Waals surface area contributed by atoms with E-state index in [-0.39, 0.29) is 3.57 Å². The molecule has 0 aliphatic carbocycles. The molecule has 0 fully saturated rings. The molecule has 25 heavy (non-hydrogen) atoms. The molecule has 0 heterocycles. The molecule has 0 spiro atoms. The van der Waals surface area contributed by atoms with Gasteiger partial charge in [0.25, 0.3) is 16.0 Å². The van der Waals surface area contributed by atoms with Crippen LogP contribution >= 0.6 is 22.6 Å². The van der Waals surface area contributed by atoms with Crippen LogP contribution in [0.5, 0.6) is 0 Å². The molecule has 0 saturated carbocycles. The first-order chi connectivity index (χ1) is 11.0. The molecular weight excluding hydrogens is 497 g/mol. The molecule has 1 aromatic carbocycles. The summed E-state index contributed by atoms with van der Waals surface area (Å²) in [4.78, 5) is 11.9. The number of rotatable bonds is 4. The third-order valence-corrected chi connectivity index (χ3v) is 4.42. The minimum absolute atomic E-state index is 0.274. The Labute approximate surface area is 150 Å². The largest absolute Gasteiger partial charge is 0.421 e. The third kappa shape index (κ3) is 4.87. The van der Waals surface area contributed by atoms with Gasteiger partial charge in [-0.25, -0.2) is 0 Å². The van der Waals surface area contributed by atoms with Crippen molar-refractivity contribution in [3.63, 3.8) is 0 Å². The summed E-state index contributed by atoms with van der Waals surface area (Å²) in [5.74, 6) is -4.75. The van der Waals surface area contributed by atoms with Gasteiger partial charge in [-0.3, -0.25) is 9.35 Å². The molecule has 14 heteroatoms. The number of hydrogen-bond acceptors (Lipinski definition) is 4. The summed E-state index contributed by atoms with van der Waals surface area (Å²) in [5.41, 5.74) is -1.01. The molecule has 1 amide bonds. The van der Waals surface area contributed by atoms with E-state index in [4.69, 9.17) is 10.3 Å². The first-order valence-corrected chi connectivity index (χ1v) is 8.65. The van der Waals surface area contributed by atoms with Crippen molar-refractivity contribution < 1.29 is 44.1 Å². The molecule has 0 unspecified atom stereocenters. The van der Waals surface area contributed by atoms with E-state index in [1.807, 2.05) is 0 Å². The summed E-state index contributed by atoms with van der Waals surface area (Å²) in [6, 6.07) is 3.32. The SMILES string of the molecule is Nc1ccc(I)cc1C(=O)NC(CS(=O)(=O)O)(C(F)(F)F)C(F)(F)F. The first kappa shape index (κ1) is 21.8. The highest BCUT2D eigenvalue weighted by Crippen LogP contribution is 2.44. The molecule has 6 nitrogen and oxygen atoms in total. The summed E-state index contributed by atoms with van der Waals surface area (Å²) in [7, 11) is -5.78. The van der Waals surface area contributed by atoms with E-state index in [9.17, 15) is 39.6 Å². The Balaban J connectivity index is 3.53. The monoisotopic (exact) mass is 506 g/mol. The van der Waals surface area contributed by atoms with Crippen molar-refractivity contribution in [2.45, 2.75) is 17.9 Å². The minimum Gasteiger partial charge on any atom is -0.398 e. The molecule has 0 radical (unpaired) electrons. The van der Waals surface area contributed by atoms with Gasteiger partial charge in [-0.2, -0.15) is 34.8 Å². The number of carbonyl (C=O) groups excluding carboxylic acids is 1. The van der Waals surface area contributed by atoms with E-state index in [0.29, 0.717) is 5.32 Å². The smallest absolute Gasteiger partial charge is 0.398 e. The van der Waals surface area contributed by atoms with Crippen molar-refractivity contribution in [3.8, 4) is 0 Å². The standard InChI is InChI=1S/C11H9F6IN2O4S/c12-10(13,14)9(11(15,16)17,4-25(22,23)24)20-8(21)6-3-5(18)1-2-7(6)19/h1-3H,4,19H2,(H,20,21)(H,22,23,24). The number of nitrogen functional groups attached to an aromatic ring is 1. The fourth-order valence-corrected chi connectivity index (χ4v) is 3.20. The molecule has 0 atom stereocenters. The Kier molecular flexibility index (Phi) is 5.91. The second-order valence-electron chi connectivity index (χ2n) is 4.81. The van der Waals surface area contributed by atoms with Crippen LogP contribution in [-0.2, 0) is 10.1 Å². The highest BCUT2D eigenvalue weighted by Gasteiger charge is 2.73. The lowest BCUT2D eigenvalue weighted by atomic mass is 9.99. The molecule has 0 aliphatic rings. The number of nitrogens with two attached hydrogens (primary N) is 1. The van der Waals surface area contributed by atoms with Crippen LogP contribution in [0.15, 0.2) is 18.2 Å². The lowest BCUT2D eigenvalue weighted by Crippen LogP contribution is -2.70. The zero-order chi connectivity index (χ0) is 19.8. The Morgan fingerprint density at radius 3 is 2.04 bits per heavy atom. The summed E-state index contributed by atoms with van der Waals surface area (Å²) in [5, 5.41) is 0.640. The topological polar surface area (TPSA) is 109 Å². The molecule has 4 N–H and O–H groups in total. The van der Waals surface area contributed by atoms with Crippen LogP contribution < -0.4 is 11.1 Å². The Morgan fingerprint density at radius 2 is 1.64 bits per heavy atom. The van der Waals surface area contributed by atoms with E-state index in [1.165, 1.54) is 6.07 Å². The maximum atomic E-state index is 13.1. The van der Waals surface area contributed by atoms with Crippen LogP contribution in [0, 0.1) is 3.57 Å². The zero-order valence-electron chi connectivity index (χ0n) is 11.7. The van der Waals surface area contributed by atoms with E-state index in [2.05, 4.69) is 0 Å². The van der Waals surface area contributed by atoms with E-state index in [0.717, 1.165) is 12.1 Å². The molecule has 0 aliphatic heterocycles. The first-order valence-electron chi connectivity index (χ1n) is 5.96. The molecular formula is C11H9F6IN2O4S. The lowest BCUT2D eigenvalue weighted by Gasteiger charge is -2.36. The number of carbonyl (C=O) groups is 1. The van der Waals surface area contributed by atoms with E-state index in [1.54, 1.807) is 22.6 Å². The summed E-state index contributed by atoms with van der Waals surface area (Å²) in [6.45, 7) is 0. The van der Waals surface area contributed by atoms with Crippen molar-refractivity contribution in [1.82, 2.24) is 5.32 Å². The second-order valence-corrected chi connectivity index (χ2v) is 7.51. The van der Waals surface area contributed by atoms with Gasteiger partial charge in [-0.15, -0.1) is 0 Å². The van der Waals surface area contributed by atoms with E-state index >= 15 is 0 Å². The van der Waals surface area contributed by atoms with Gasteiger partial charge >= 0.3 is 12.4 Å². The molecule has 0 bridgehead atoms. The van der Waals surface area contributed by atoms with Gasteiger partial charge in [0.2, 0.25) is 5.54 Å². The van der Waals surface area contributed by atoms with Crippen LogP contribution in [0.1, 0.15) is 10.4 Å². The van der Waals surface area contributed by atoms with Crippen molar-refractivity contribution in [1.29, 1.82) is 0 Å². The fourth-order valence-electron chi connectivity index (χ4n) is 1.76. The van der Waals surface area contributed by atoms with Gasteiger partial charge in [-0.05, 0) is 40.8 Å². The normalized spacial score (nSPS) is 13.6. The summed E-state index contributed by atoms with van der Waals surface area (Å²) in [6.07, 6.45) is -12.6. The Morgan fingerprint density at radius 1 is 1.16 bits per heavy atom. The maximum Gasteiger partial charge on any atom is 0.421 e. The number of hydrogen-bond donors (Lipinski definition) is 3. The number of halogens is 7. The Hall–Kier alpha value is -1.29. The lowest BCUT2D eigenvalue weighted by molar-refractivity contribution is -0.296. The molecule has 0 aromatic heterocycles. The molecule has 1 rings (SSSR count). The maximum absolute atomic E-state index is 13.1. The van der Waals surface area contributed by atoms with Crippen LogP contribution in [0.25, 0.3) is 0 Å². The number of benzene rings is 1. The second kappa shape index (κ2) is 6.79. The Bertz CT molecular complexity index is 764. The van der Waals surface area contributed by atoms with Gasteiger partial charge in [0.1, 0.15) is 5.75 Å². The fraction of sp³-hybridized carbons (Fsp3) is 0.364. The highest BCUT2D eigenvalue weighted by molar-refractivity contribution is 14.1. The van der Waals surface area contributed by atoms with Gasteiger partial charge < -0.3 is 11.1 Å².